The Morgan fingerprint density at radius 3 is 1.71 bits per heavy atom. The van der Waals surface area contributed by atoms with E-state index in [4.69, 9.17) is 35.3 Å². The van der Waals surface area contributed by atoms with E-state index in [0.29, 0.717) is 26.2 Å². The molecule has 0 spiro atoms. The molecule has 0 heterocycles. The minimum atomic E-state index is -0.669. The normalized spacial score (nSPS) is 11.6. The van der Waals surface area contributed by atoms with Crippen LogP contribution in [0.2, 0.25) is 0 Å². The molecule has 0 atom stereocenters. The van der Waals surface area contributed by atoms with Crippen LogP contribution >= 0.6 is 0 Å². The van der Waals surface area contributed by atoms with Crippen LogP contribution in [0.5, 0.6) is 0 Å². The van der Waals surface area contributed by atoms with E-state index in [0.717, 1.165) is 25.8 Å². The molecule has 0 aliphatic heterocycles. The monoisotopic (exact) mass is 590 g/mol. The van der Waals surface area contributed by atoms with E-state index >= 15 is 0 Å². The van der Waals surface area contributed by atoms with Crippen molar-refractivity contribution in [2.45, 2.75) is 72.3 Å². The predicted molar refractivity (Wildman–Crippen MR) is 161 cm³/mol. The Bertz CT molecular complexity index is 925. The summed E-state index contributed by atoms with van der Waals surface area (Å²) < 4.78 is 10.0. The standard InChI is InChI=1S/C18H30N2O3.C13H20N2O4/c1-3-5-6-7-8-9-15-23-18(22)17(16-19)11-10-12-20(4-2)13-14-21;1-11(2)19-13(18)12(10-14)4-3-5-15(6-8-16)7-9-17/h10-12,21H,3-9,13-15H2,1-2H3;3-5,11,16-17H,6-9H2,1-2H3/b12-10+,17-11+;5-3+,12-4-. The fraction of sp³-hybridized carbons (Fsp3) is 0.613. The molecule has 0 saturated heterocycles. The SMILES string of the molecule is CC(C)OC(=O)/C(C#N)=C\C=C\N(CCO)CCO.CCCCCCCCOC(=O)/C(C#N)=C/C=C/N(CC)CCO. The van der Waals surface area contributed by atoms with Gasteiger partial charge in [0, 0.05) is 26.2 Å². The van der Waals surface area contributed by atoms with E-state index in [1.54, 1.807) is 43.3 Å². The molecule has 42 heavy (non-hydrogen) atoms. The number of carbonyl (C=O) groups is 2. The summed E-state index contributed by atoms with van der Waals surface area (Å²) in [6.07, 6.45) is 15.7. The molecule has 0 unspecified atom stereocenters. The highest BCUT2D eigenvalue weighted by molar-refractivity contribution is 5.93. The minimum Gasteiger partial charge on any atom is -0.462 e. The van der Waals surface area contributed by atoms with Gasteiger partial charge in [0.1, 0.15) is 23.3 Å². The number of hydrogen-bond donors (Lipinski definition) is 3. The third-order valence-corrected chi connectivity index (χ3v) is 5.44. The average molecular weight is 591 g/mol. The van der Waals surface area contributed by atoms with Crippen LogP contribution < -0.4 is 0 Å². The molecule has 0 amide bonds. The summed E-state index contributed by atoms with van der Waals surface area (Å²) in [5, 5.41) is 44.3. The van der Waals surface area contributed by atoms with E-state index in [1.807, 2.05) is 17.9 Å². The summed E-state index contributed by atoms with van der Waals surface area (Å²) >= 11 is 0. The summed E-state index contributed by atoms with van der Waals surface area (Å²) in [5.74, 6) is -1.24. The maximum atomic E-state index is 11.8. The first-order valence-corrected chi connectivity index (χ1v) is 14.5. The van der Waals surface area contributed by atoms with Crippen molar-refractivity contribution >= 4 is 11.9 Å². The van der Waals surface area contributed by atoms with Gasteiger partial charge in [0.2, 0.25) is 0 Å². The number of ether oxygens (including phenoxy) is 2. The highest BCUT2D eigenvalue weighted by Crippen LogP contribution is 2.06. The number of allylic oxidation sites excluding steroid dienone is 4. The maximum Gasteiger partial charge on any atom is 0.349 e. The molecule has 0 aromatic carbocycles. The Morgan fingerprint density at radius 1 is 0.762 bits per heavy atom. The first-order valence-electron chi connectivity index (χ1n) is 14.5. The summed E-state index contributed by atoms with van der Waals surface area (Å²) in [6, 6.07) is 3.62. The summed E-state index contributed by atoms with van der Waals surface area (Å²) in [5.41, 5.74) is -0.106. The van der Waals surface area contributed by atoms with Crippen molar-refractivity contribution in [3.63, 3.8) is 0 Å². The maximum absolute atomic E-state index is 11.8. The van der Waals surface area contributed by atoms with Crippen LogP contribution in [0, 0.1) is 22.7 Å². The zero-order chi connectivity index (χ0) is 32.0. The Labute approximate surface area is 251 Å². The second kappa shape index (κ2) is 28.9. The molecule has 0 aromatic heterocycles. The molecule has 236 valence electrons. The largest absolute Gasteiger partial charge is 0.462 e. The molecule has 0 radical (unpaired) electrons. The van der Waals surface area contributed by atoms with Crippen molar-refractivity contribution in [1.82, 2.24) is 9.80 Å². The number of rotatable bonds is 21. The number of hydrogen-bond acceptors (Lipinski definition) is 11. The Balaban J connectivity index is 0. The fourth-order valence-electron chi connectivity index (χ4n) is 3.21. The summed E-state index contributed by atoms with van der Waals surface area (Å²) in [7, 11) is 0. The van der Waals surface area contributed by atoms with Crippen LogP contribution in [0.3, 0.4) is 0 Å². The number of carbonyl (C=O) groups excluding carboxylic acids is 2. The van der Waals surface area contributed by atoms with E-state index in [1.165, 1.54) is 37.5 Å². The summed E-state index contributed by atoms with van der Waals surface area (Å²) in [4.78, 5) is 26.8. The molecular weight excluding hydrogens is 540 g/mol. The molecule has 0 aliphatic carbocycles. The lowest BCUT2D eigenvalue weighted by Gasteiger charge is -2.16. The topological polar surface area (TPSA) is 167 Å². The summed E-state index contributed by atoms with van der Waals surface area (Å²) in [6.45, 7) is 9.86. The quantitative estimate of drug-likeness (QED) is 0.0589. The van der Waals surface area contributed by atoms with Gasteiger partial charge in [-0.1, -0.05) is 39.0 Å². The van der Waals surface area contributed by atoms with E-state index in [9.17, 15) is 9.59 Å². The number of nitriles is 2. The third kappa shape index (κ3) is 23.1. The smallest absolute Gasteiger partial charge is 0.349 e. The number of likely N-dealkylation sites (N-methyl/N-ethyl adjacent to an activating group) is 1. The Morgan fingerprint density at radius 2 is 1.24 bits per heavy atom. The molecule has 11 heteroatoms. The average Bonchev–Trinajstić information content (AvgIpc) is 2.96. The highest BCUT2D eigenvalue weighted by Gasteiger charge is 2.11. The molecule has 3 N–H and O–H groups in total. The number of aliphatic hydroxyl groups is 3. The zero-order valence-electron chi connectivity index (χ0n) is 25.7. The van der Waals surface area contributed by atoms with E-state index < -0.39 is 11.9 Å². The van der Waals surface area contributed by atoms with Crippen molar-refractivity contribution in [2.75, 3.05) is 52.6 Å². The molecule has 0 aliphatic rings. The molecular formula is C31H50N4O7. The van der Waals surface area contributed by atoms with Crippen molar-refractivity contribution in [2.24, 2.45) is 0 Å². The number of nitrogens with zero attached hydrogens (tertiary/aromatic N) is 4. The number of unbranched alkanes of at least 4 members (excludes halogenated alkanes) is 5. The van der Waals surface area contributed by atoms with Gasteiger partial charge in [0.05, 0.1) is 32.5 Å². The van der Waals surface area contributed by atoms with E-state index in [2.05, 4.69) is 6.92 Å². The second-order valence-electron chi connectivity index (χ2n) is 9.26. The van der Waals surface area contributed by atoms with Crippen LogP contribution in [0.4, 0.5) is 0 Å². The van der Waals surface area contributed by atoms with Gasteiger partial charge in [-0.25, -0.2) is 9.59 Å². The lowest BCUT2D eigenvalue weighted by molar-refractivity contribution is -0.142. The molecule has 0 saturated carbocycles. The van der Waals surface area contributed by atoms with Crippen LogP contribution in [0.25, 0.3) is 0 Å². The van der Waals surface area contributed by atoms with Gasteiger partial charge < -0.3 is 34.6 Å². The van der Waals surface area contributed by atoms with Crippen molar-refractivity contribution < 1.29 is 34.4 Å². The van der Waals surface area contributed by atoms with Crippen LogP contribution in [0.1, 0.15) is 66.2 Å². The van der Waals surface area contributed by atoms with Crippen LogP contribution in [0.15, 0.2) is 47.9 Å². The predicted octanol–water partition coefficient (Wildman–Crippen LogP) is 3.36. The number of aliphatic hydroxyl groups excluding tert-OH is 3. The highest BCUT2D eigenvalue weighted by atomic mass is 16.5. The van der Waals surface area contributed by atoms with Crippen molar-refractivity contribution in [1.29, 1.82) is 10.5 Å². The van der Waals surface area contributed by atoms with E-state index in [-0.39, 0.29) is 37.1 Å². The third-order valence-electron chi connectivity index (χ3n) is 5.44. The van der Waals surface area contributed by atoms with Crippen LogP contribution in [-0.2, 0) is 19.1 Å². The van der Waals surface area contributed by atoms with Crippen molar-refractivity contribution in [3.8, 4) is 12.1 Å². The van der Waals surface area contributed by atoms with Gasteiger partial charge in [0.25, 0.3) is 0 Å². The molecule has 0 aromatic rings. The van der Waals surface area contributed by atoms with Gasteiger partial charge in [-0.05, 0) is 63.9 Å². The first kappa shape index (κ1) is 40.5. The lowest BCUT2D eigenvalue weighted by atomic mass is 10.1. The van der Waals surface area contributed by atoms with Crippen molar-refractivity contribution in [3.05, 3.63) is 47.9 Å². The van der Waals surface area contributed by atoms with Gasteiger partial charge in [-0.3, -0.25) is 0 Å². The molecule has 0 rings (SSSR count). The van der Waals surface area contributed by atoms with Crippen LogP contribution in [-0.4, -0.2) is 95.8 Å². The van der Waals surface area contributed by atoms with Gasteiger partial charge in [-0.2, -0.15) is 10.5 Å². The Hall–Kier alpha value is -3.64. The lowest BCUT2D eigenvalue weighted by Crippen LogP contribution is -2.24. The first-order chi connectivity index (χ1) is 20.2. The van der Waals surface area contributed by atoms with Gasteiger partial charge in [-0.15, -0.1) is 0 Å². The Kier molecular flexibility index (Phi) is 27.8. The second-order valence-corrected chi connectivity index (χ2v) is 9.26. The zero-order valence-corrected chi connectivity index (χ0v) is 25.7. The molecule has 0 bridgehead atoms. The van der Waals surface area contributed by atoms with Gasteiger partial charge in [0.15, 0.2) is 0 Å². The molecule has 11 nitrogen and oxygen atoms in total. The number of esters is 2. The van der Waals surface area contributed by atoms with Gasteiger partial charge >= 0.3 is 11.9 Å². The fourth-order valence-corrected chi connectivity index (χ4v) is 3.21. The molecule has 0 fully saturated rings. The minimum absolute atomic E-state index is 0.00714.